The molecule has 0 bridgehead atoms. The molecule has 0 amide bonds. The molecule has 0 aliphatic carbocycles. The van der Waals surface area contributed by atoms with E-state index in [4.69, 9.17) is 5.73 Å². The molecule has 3 heteroatoms. The van der Waals surface area contributed by atoms with Crippen LogP contribution in [0, 0.1) is 6.92 Å². The molecule has 0 radical (unpaired) electrons. The molecule has 0 aliphatic rings. The van der Waals surface area contributed by atoms with E-state index >= 15 is 0 Å². The summed E-state index contributed by atoms with van der Waals surface area (Å²) in [6, 6.07) is 6.53. The van der Waals surface area contributed by atoms with Crippen molar-refractivity contribution in [3.05, 3.63) is 52.0 Å². The summed E-state index contributed by atoms with van der Waals surface area (Å²) in [5, 5.41) is 2.12. The SMILES string of the molecule is Cc1cncc(C(N)CCCc2cccs2)c1. The highest BCUT2D eigenvalue weighted by Gasteiger charge is 2.06. The third-order valence-corrected chi connectivity index (χ3v) is 3.78. The second-order valence-electron chi connectivity index (χ2n) is 4.37. The molecule has 0 aromatic carbocycles. The van der Waals surface area contributed by atoms with Crippen molar-refractivity contribution in [2.45, 2.75) is 32.2 Å². The van der Waals surface area contributed by atoms with E-state index in [0.717, 1.165) is 24.8 Å². The summed E-state index contributed by atoms with van der Waals surface area (Å²) in [6.07, 6.45) is 7.02. The Morgan fingerprint density at radius 2 is 2.29 bits per heavy atom. The van der Waals surface area contributed by atoms with Crippen molar-refractivity contribution < 1.29 is 0 Å². The second-order valence-corrected chi connectivity index (χ2v) is 5.41. The minimum atomic E-state index is 0.113. The van der Waals surface area contributed by atoms with Crippen molar-refractivity contribution in [1.29, 1.82) is 0 Å². The van der Waals surface area contributed by atoms with E-state index in [9.17, 15) is 0 Å². The maximum Gasteiger partial charge on any atom is 0.0315 e. The summed E-state index contributed by atoms with van der Waals surface area (Å²) in [4.78, 5) is 5.63. The Morgan fingerprint density at radius 3 is 3.00 bits per heavy atom. The molecule has 0 fully saturated rings. The lowest BCUT2D eigenvalue weighted by atomic mass is 10.0. The molecule has 90 valence electrons. The summed E-state index contributed by atoms with van der Waals surface area (Å²) in [6.45, 7) is 2.05. The van der Waals surface area contributed by atoms with Gasteiger partial charge in [-0.1, -0.05) is 12.1 Å². The quantitative estimate of drug-likeness (QED) is 0.877. The number of thiophene rings is 1. The van der Waals surface area contributed by atoms with E-state index in [1.165, 1.54) is 10.4 Å². The van der Waals surface area contributed by atoms with E-state index in [1.54, 1.807) is 0 Å². The monoisotopic (exact) mass is 246 g/mol. The van der Waals surface area contributed by atoms with Crippen LogP contribution in [0.5, 0.6) is 0 Å². The van der Waals surface area contributed by atoms with Gasteiger partial charge in [0.1, 0.15) is 0 Å². The number of hydrogen-bond donors (Lipinski definition) is 1. The average Bonchev–Trinajstić information content (AvgIpc) is 2.82. The third kappa shape index (κ3) is 3.65. The highest BCUT2D eigenvalue weighted by Crippen LogP contribution is 2.18. The first-order chi connectivity index (χ1) is 8.25. The van der Waals surface area contributed by atoms with Crippen LogP contribution in [0.3, 0.4) is 0 Å². The Morgan fingerprint density at radius 1 is 1.41 bits per heavy atom. The van der Waals surface area contributed by atoms with Crippen molar-refractivity contribution in [2.75, 3.05) is 0 Å². The maximum atomic E-state index is 6.17. The van der Waals surface area contributed by atoms with E-state index in [0.29, 0.717) is 0 Å². The predicted octanol–water partition coefficient (Wildman–Crippen LogP) is 3.47. The summed E-state index contributed by atoms with van der Waals surface area (Å²) < 4.78 is 0. The lowest BCUT2D eigenvalue weighted by Gasteiger charge is -2.11. The average molecular weight is 246 g/mol. The van der Waals surface area contributed by atoms with Gasteiger partial charge in [-0.2, -0.15) is 0 Å². The van der Waals surface area contributed by atoms with Crippen molar-refractivity contribution in [1.82, 2.24) is 4.98 Å². The van der Waals surface area contributed by atoms with Crippen LogP contribution < -0.4 is 5.73 Å². The Kier molecular flexibility index (Phi) is 4.29. The molecule has 0 spiro atoms. The molecule has 2 heterocycles. The predicted molar refractivity (Wildman–Crippen MR) is 73.2 cm³/mol. The van der Waals surface area contributed by atoms with Crippen molar-refractivity contribution in [3.8, 4) is 0 Å². The second kappa shape index (κ2) is 5.94. The Labute approximate surface area is 107 Å². The smallest absolute Gasteiger partial charge is 0.0315 e. The molecule has 1 unspecified atom stereocenters. The van der Waals surface area contributed by atoms with Crippen molar-refractivity contribution >= 4 is 11.3 Å². The van der Waals surface area contributed by atoms with Crippen LogP contribution in [0.4, 0.5) is 0 Å². The van der Waals surface area contributed by atoms with Crippen LogP contribution in [-0.4, -0.2) is 4.98 Å². The first-order valence-corrected chi connectivity index (χ1v) is 6.83. The fraction of sp³-hybridized carbons (Fsp3) is 0.357. The summed E-state index contributed by atoms with van der Waals surface area (Å²) in [5.74, 6) is 0. The van der Waals surface area contributed by atoms with Crippen molar-refractivity contribution in [2.24, 2.45) is 5.73 Å². The zero-order chi connectivity index (χ0) is 12.1. The number of nitrogens with zero attached hydrogens (tertiary/aromatic N) is 1. The van der Waals surface area contributed by atoms with Gasteiger partial charge in [0.05, 0.1) is 0 Å². The fourth-order valence-corrected chi connectivity index (χ4v) is 2.65. The topological polar surface area (TPSA) is 38.9 Å². The lowest BCUT2D eigenvalue weighted by Crippen LogP contribution is -2.11. The molecule has 2 rings (SSSR count). The van der Waals surface area contributed by atoms with Gasteiger partial charge in [0.2, 0.25) is 0 Å². The lowest BCUT2D eigenvalue weighted by molar-refractivity contribution is 0.611. The zero-order valence-corrected chi connectivity index (χ0v) is 10.9. The zero-order valence-electron chi connectivity index (χ0n) is 10.1. The molecule has 2 nitrogen and oxygen atoms in total. The van der Waals surface area contributed by atoms with Gasteiger partial charge in [0.25, 0.3) is 0 Å². The van der Waals surface area contributed by atoms with Crippen molar-refractivity contribution in [3.63, 3.8) is 0 Å². The molecule has 0 saturated carbocycles. The highest BCUT2D eigenvalue weighted by atomic mass is 32.1. The van der Waals surface area contributed by atoms with Crippen LogP contribution in [0.15, 0.2) is 36.0 Å². The Bertz CT molecular complexity index is 451. The maximum absolute atomic E-state index is 6.17. The molecule has 0 aliphatic heterocycles. The Balaban J connectivity index is 1.83. The van der Waals surface area contributed by atoms with Crippen LogP contribution >= 0.6 is 11.3 Å². The van der Waals surface area contributed by atoms with Crippen LogP contribution in [0.2, 0.25) is 0 Å². The number of nitrogens with two attached hydrogens (primary N) is 1. The minimum absolute atomic E-state index is 0.113. The number of rotatable bonds is 5. The first kappa shape index (κ1) is 12.3. The van der Waals surface area contributed by atoms with Gasteiger partial charge in [-0.3, -0.25) is 4.98 Å². The normalized spacial score (nSPS) is 12.6. The Hall–Kier alpha value is -1.19. The molecule has 17 heavy (non-hydrogen) atoms. The molecule has 1 atom stereocenters. The van der Waals surface area contributed by atoms with Crippen LogP contribution in [0.25, 0.3) is 0 Å². The molecule has 2 N–H and O–H groups in total. The standard InChI is InChI=1S/C14H18N2S/c1-11-8-12(10-16-9-11)14(15)6-2-4-13-5-3-7-17-13/h3,5,7-10,14H,2,4,6,15H2,1H3. The number of pyridine rings is 1. The van der Waals surface area contributed by atoms with E-state index in [2.05, 4.69) is 35.5 Å². The summed E-state index contributed by atoms with van der Waals surface area (Å²) in [5.41, 5.74) is 8.49. The van der Waals surface area contributed by atoms with Gasteiger partial charge in [-0.25, -0.2) is 0 Å². The molecular weight excluding hydrogens is 228 g/mol. The van der Waals surface area contributed by atoms with Gasteiger partial charge in [0.15, 0.2) is 0 Å². The van der Waals surface area contributed by atoms with Gasteiger partial charge < -0.3 is 5.73 Å². The van der Waals surface area contributed by atoms with Crippen LogP contribution in [0.1, 0.15) is 34.9 Å². The fourth-order valence-electron chi connectivity index (χ4n) is 1.90. The number of aryl methyl sites for hydroxylation is 2. The van der Waals surface area contributed by atoms with Gasteiger partial charge in [-0.05, 0) is 48.8 Å². The molecule has 2 aromatic heterocycles. The van der Waals surface area contributed by atoms with E-state index in [-0.39, 0.29) is 6.04 Å². The van der Waals surface area contributed by atoms with Gasteiger partial charge in [-0.15, -0.1) is 11.3 Å². The van der Waals surface area contributed by atoms with E-state index in [1.807, 2.05) is 23.7 Å². The van der Waals surface area contributed by atoms with Gasteiger partial charge >= 0.3 is 0 Å². The number of hydrogen-bond acceptors (Lipinski definition) is 3. The number of aromatic nitrogens is 1. The molecular formula is C14H18N2S. The van der Waals surface area contributed by atoms with Gasteiger partial charge in [0, 0.05) is 23.3 Å². The largest absolute Gasteiger partial charge is 0.324 e. The van der Waals surface area contributed by atoms with E-state index < -0.39 is 0 Å². The molecule has 2 aromatic rings. The summed E-state index contributed by atoms with van der Waals surface area (Å²) >= 11 is 1.82. The molecule has 0 saturated heterocycles. The highest BCUT2D eigenvalue weighted by molar-refractivity contribution is 7.09. The first-order valence-electron chi connectivity index (χ1n) is 5.95. The minimum Gasteiger partial charge on any atom is -0.324 e. The third-order valence-electron chi connectivity index (χ3n) is 2.84. The summed E-state index contributed by atoms with van der Waals surface area (Å²) in [7, 11) is 0. The van der Waals surface area contributed by atoms with Crippen LogP contribution in [-0.2, 0) is 6.42 Å².